The summed E-state index contributed by atoms with van der Waals surface area (Å²) in [5, 5.41) is 0. The minimum Gasteiger partial charge on any atom is -0.369 e. The number of halogens is 1. The van der Waals surface area contributed by atoms with Gasteiger partial charge in [-0.3, -0.25) is 14.2 Å². The predicted molar refractivity (Wildman–Crippen MR) is 79.9 cm³/mol. The second-order valence-corrected chi connectivity index (χ2v) is 7.34. The lowest BCUT2D eigenvalue weighted by Crippen LogP contribution is -2.17. The van der Waals surface area contributed by atoms with Gasteiger partial charge in [0, 0.05) is 20.0 Å². The van der Waals surface area contributed by atoms with Crippen molar-refractivity contribution in [3.63, 3.8) is 0 Å². The van der Waals surface area contributed by atoms with Gasteiger partial charge in [-0.05, 0) is 28.2 Å². The van der Waals surface area contributed by atoms with Gasteiger partial charge >= 0.3 is 7.75 Å². The van der Waals surface area contributed by atoms with Crippen molar-refractivity contribution in [3.8, 4) is 0 Å². The SMILES string of the molecule is CC(C)C(N)=O.CN(C)C=O.CN(C)P(=O)(F)N(C)C. The molecule has 0 aliphatic heterocycles. The number of primary amides is 1. The highest BCUT2D eigenvalue weighted by Crippen LogP contribution is 2.50. The van der Waals surface area contributed by atoms with Gasteiger partial charge in [-0.2, -0.15) is 4.20 Å². The van der Waals surface area contributed by atoms with Gasteiger partial charge in [0.25, 0.3) is 0 Å². The molecular weight excluding hydrogens is 286 g/mol. The minimum atomic E-state index is -3.67. The molecule has 0 aromatic carbocycles. The average molecular weight is 314 g/mol. The van der Waals surface area contributed by atoms with Crippen LogP contribution >= 0.6 is 7.75 Å². The number of amides is 2. The molecule has 0 aromatic heterocycles. The van der Waals surface area contributed by atoms with Gasteiger partial charge in [0.05, 0.1) is 0 Å². The van der Waals surface area contributed by atoms with Gasteiger partial charge in [-0.1, -0.05) is 13.8 Å². The molecule has 7 nitrogen and oxygen atoms in total. The second-order valence-electron chi connectivity index (χ2n) is 4.79. The number of nitrogens with two attached hydrogens (primary N) is 1. The Morgan fingerprint density at radius 1 is 1.10 bits per heavy atom. The number of nitrogens with zero attached hydrogens (tertiary/aromatic N) is 3. The maximum Gasteiger partial charge on any atom is 0.381 e. The predicted octanol–water partition coefficient (Wildman–Crippen LogP) is 1.02. The molecule has 0 spiro atoms. The molecule has 9 heteroatoms. The first-order chi connectivity index (χ1) is 8.80. The van der Waals surface area contributed by atoms with Crippen LogP contribution < -0.4 is 5.73 Å². The van der Waals surface area contributed by atoms with E-state index in [0.29, 0.717) is 0 Å². The molecule has 0 fully saturated rings. The van der Waals surface area contributed by atoms with Crippen molar-refractivity contribution in [3.05, 3.63) is 0 Å². The van der Waals surface area contributed by atoms with E-state index in [0.717, 1.165) is 15.8 Å². The Morgan fingerprint density at radius 2 is 1.30 bits per heavy atom. The van der Waals surface area contributed by atoms with Crippen molar-refractivity contribution in [1.29, 1.82) is 0 Å². The number of hydrogen-bond donors (Lipinski definition) is 1. The Labute approximate surface area is 121 Å². The van der Waals surface area contributed by atoms with Crippen molar-refractivity contribution in [2.24, 2.45) is 11.7 Å². The van der Waals surface area contributed by atoms with Gasteiger partial charge in [0.2, 0.25) is 12.3 Å². The Balaban J connectivity index is -0.000000230. The molecule has 0 rings (SSSR count). The zero-order chi connectivity index (χ0) is 17.1. The lowest BCUT2D eigenvalue weighted by molar-refractivity contribution is -0.120. The molecule has 0 unspecified atom stereocenters. The molecule has 0 heterocycles. The fourth-order valence-corrected chi connectivity index (χ4v) is 1.07. The van der Waals surface area contributed by atoms with E-state index < -0.39 is 7.75 Å². The summed E-state index contributed by atoms with van der Waals surface area (Å²) in [6, 6.07) is 0. The van der Waals surface area contributed by atoms with Crippen molar-refractivity contribution in [2.75, 3.05) is 42.3 Å². The van der Waals surface area contributed by atoms with Crippen LogP contribution in [-0.4, -0.2) is 68.8 Å². The summed E-state index contributed by atoms with van der Waals surface area (Å²) in [7, 11) is 5.49. The fraction of sp³-hybridized carbons (Fsp3) is 0.818. The highest BCUT2D eigenvalue weighted by molar-refractivity contribution is 7.53. The quantitative estimate of drug-likeness (QED) is 0.618. The molecule has 0 radical (unpaired) electrons. The number of carbonyl (C=O) groups excluding carboxylic acids is 2. The summed E-state index contributed by atoms with van der Waals surface area (Å²) in [5.41, 5.74) is 4.80. The van der Waals surface area contributed by atoms with Crippen molar-refractivity contribution in [2.45, 2.75) is 13.8 Å². The molecular formula is C11H28FN4O3P. The number of hydrogen-bond acceptors (Lipinski definition) is 3. The van der Waals surface area contributed by atoms with Crippen LogP contribution in [0.3, 0.4) is 0 Å². The maximum atomic E-state index is 12.7. The van der Waals surface area contributed by atoms with Crippen molar-refractivity contribution >= 4 is 20.1 Å². The van der Waals surface area contributed by atoms with E-state index in [1.54, 1.807) is 27.9 Å². The van der Waals surface area contributed by atoms with Gasteiger partial charge in [-0.25, -0.2) is 9.34 Å². The van der Waals surface area contributed by atoms with Crippen molar-refractivity contribution in [1.82, 2.24) is 14.2 Å². The molecule has 122 valence electrons. The van der Waals surface area contributed by atoms with Gasteiger partial charge in [-0.15, -0.1) is 0 Å². The largest absolute Gasteiger partial charge is 0.381 e. The zero-order valence-corrected chi connectivity index (χ0v) is 14.5. The van der Waals surface area contributed by atoms with Crippen LogP contribution in [0.25, 0.3) is 0 Å². The van der Waals surface area contributed by atoms with E-state index >= 15 is 0 Å². The molecule has 20 heavy (non-hydrogen) atoms. The van der Waals surface area contributed by atoms with Gasteiger partial charge in [0.15, 0.2) is 0 Å². The normalized spacial score (nSPS) is 10.4. The van der Waals surface area contributed by atoms with E-state index in [2.05, 4.69) is 0 Å². The monoisotopic (exact) mass is 314 g/mol. The molecule has 0 aliphatic rings. The van der Waals surface area contributed by atoms with Crippen LogP contribution in [0.1, 0.15) is 13.8 Å². The average Bonchev–Trinajstić information content (AvgIpc) is 2.29. The fourth-order valence-electron chi connectivity index (χ4n) is 0.358. The minimum absolute atomic E-state index is 0.00926. The first kappa shape index (κ1) is 24.1. The van der Waals surface area contributed by atoms with Crippen LogP contribution in [0.4, 0.5) is 4.20 Å². The highest BCUT2D eigenvalue weighted by Gasteiger charge is 2.26. The maximum absolute atomic E-state index is 12.7. The van der Waals surface area contributed by atoms with E-state index in [-0.39, 0.29) is 11.8 Å². The first-order valence-corrected chi connectivity index (χ1v) is 7.37. The van der Waals surface area contributed by atoms with Gasteiger partial charge < -0.3 is 10.6 Å². The van der Waals surface area contributed by atoms with Crippen LogP contribution in [0.15, 0.2) is 0 Å². The third-order valence-corrected chi connectivity index (χ3v) is 3.74. The summed E-state index contributed by atoms with van der Waals surface area (Å²) in [4.78, 5) is 20.8. The third-order valence-electron chi connectivity index (χ3n) is 1.77. The Bertz CT molecular complexity index is 311. The molecule has 0 aromatic rings. The molecule has 0 saturated heterocycles. The lowest BCUT2D eigenvalue weighted by atomic mass is 10.2. The highest BCUT2D eigenvalue weighted by atomic mass is 31.2. The number of carbonyl (C=O) groups is 2. The van der Waals surface area contributed by atoms with Crippen molar-refractivity contribution < 1.29 is 18.4 Å². The summed E-state index contributed by atoms with van der Waals surface area (Å²) < 4.78 is 25.7. The van der Waals surface area contributed by atoms with Gasteiger partial charge in [0.1, 0.15) is 0 Å². The Morgan fingerprint density at radius 3 is 1.30 bits per heavy atom. The molecule has 0 bridgehead atoms. The zero-order valence-electron chi connectivity index (χ0n) is 13.6. The number of rotatable bonds is 4. The topological polar surface area (TPSA) is 87.0 Å². The Hall–Kier alpha value is -0.980. The smallest absolute Gasteiger partial charge is 0.369 e. The standard InChI is InChI=1S/C4H12FN2OP.C4H9NO.C3H7NO/c1-6(2)9(5,8)7(3)4;1-3(2)4(5)6;1-4(2)3-5/h1-4H3;3H,1-2H3,(H2,5,6);3H,1-2H3. The van der Waals surface area contributed by atoms with E-state index in [9.17, 15) is 18.4 Å². The molecule has 0 saturated carbocycles. The summed E-state index contributed by atoms with van der Waals surface area (Å²) >= 11 is 0. The van der Waals surface area contributed by atoms with Crippen LogP contribution in [0, 0.1) is 5.92 Å². The molecule has 0 atom stereocenters. The van der Waals surface area contributed by atoms with E-state index in [1.807, 2.05) is 0 Å². The van der Waals surface area contributed by atoms with Crippen LogP contribution in [0.2, 0.25) is 0 Å². The first-order valence-electron chi connectivity index (χ1n) is 5.86. The lowest BCUT2D eigenvalue weighted by Gasteiger charge is -2.21. The van der Waals surface area contributed by atoms with E-state index in [4.69, 9.17) is 5.73 Å². The second kappa shape index (κ2) is 11.8. The van der Waals surface area contributed by atoms with Crippen LogP contribution in [-0.2, 0) is 14.2 Å². The molecule has 0 aliphatic carbocycles. The summed E-state index contributed by atoms with van der Waals surface area (Å²) in [6.45, 7) is 3.53. The third kappa shape index (κ3) is 15.1. The molecule has 2 N–H and O–H groups in total. The molecule has 2 amide bonds. The van der Waals surface area contributed by atoms with Crippen LogP contribution in [0.5, 0.6) is 0 Å². The summed E-state index contributed by atoms with van der Waals surface area (Å²) in [6.07, 6.45) is 0.750. The summed E-state index contributed by atoms with van der Waals surface area (Å²) in [5.74, 6) is -0.250. The van der Waals surface area contributed by atoms with E-state index in [1.165, 1.54) is 33.1 Å². The Kier molecular flexibility index (Phi) is 14.2.